The molecule has 0 bridgehead atoms. The first-order valence-corrected chi connectivity index (χ1v) is 2.98. The van der Waals surface area contributed by atoms with Crippen molar-refractivity contribution in [1.29, 1.82) is 0 Å². The number of nitrogens with zero attached hydrogens (tertiary/aromatic N) is 2. The lowest BCUT2D eigenvalue weighted by Gasteiger charge is -1.94. The standard InChI is InChI=1S/C7H6N2O/c10-7-3-1-2-6-4-8-5-9(6)7/h1-5,10H. The second-order valence-electron chi connectivity index (χ2n) is 2.07. The van der Waals surface area contributed by atoms with Crippen molar-refractivity contribution in [2.75, 3.05) is 0 Å². The van der Waals surface area contributed by atoms with Crippen molar-refractivity contribution in [2.24, 2.45) is 0 Å². The molecule has 0 atom stereocenters. The van der Waals surface area contributed by atoms with E-state index in [0.717, 1.165) is 5.52 Å². The van der Waals surface area contributed by atoms with Crippen molar-refractivity contribution < 1.29 is 5.11 Å². The molecule has 0 radical (unpaired) electrons. The number of fused-ring (bicyclic) bond motifs is 1. The van der Waals surface area contributed by atoms with Gasteiger partial charge in [-0.1, -0.05) is 6.07 Å². The van der Waals surface area contributed by atoms with Crippen molar-refractivity contribution in [3.8, 4) is 5.88 Å². The molecule has 0 saturated heterocycles. The molecule has 0 amide bonds. The summed E-state index contributed by atoms with van der Waals surface area (Å²) in [6, 6.07) is 5.29. The van der Waals surface area contributed by atoms with Gasteiger partial charge in [0.25, 0.3) is 0 Å². The minimum Gasteiger partial charge on any atom is -0.494 e. The molecule has 2 aromatic rings. The zero-order valence-electron chi connectivity index (χ0n) is 5.23. The second kappa shape index (κ2) is 1.73. The van der Waals surface area contributed by atoms with E-state index in [9.17, 15) is 5.11 Å². The number of aromatic nitrogens is 2. The molecule has 50 valence electrons. The normalized spacial score (nSPS) is 10.4. The Morgan fingerprint density at radius 3 is 3.10 bits per heavy atom. The molecule has 0 aliphatic rings. The molecule has 2 aromatic heterocycles. The van der Waals surface area contributed by atoms with E-state index in [-0.39, 0.29) is 5.88 Å². The molecule has 1 N–H and O–H groups in total. The number of hydrogen-bond acceptors (Lipinski definition) is 2. The van der Waals surface area contributed by atoms with Gasteiger partial charge in [0, 0.05) is 0 Å². The van der Waals surface area contributed by atoms with Crippen LogP contribution in [0.2, 0.25) is 0 Å². The maximum absolute atomic E-state index is 9.18. The Labute approximate surface area is 57.6 Å². The fraction of sp³-hybridized carbons (Fsp3) is 0. The molecule has 0 aromatic carbocycles. The maximum Gasteiger partial charge on any atom is 0.196 e. The van der Waals surface area contributed by atoms with Crippen molar-refractivity contribution in [3.05, 3.63) is 30.7 Å². The predicted octanol–water partition coefficient (Wildman–Crippen LogP) is 1.04. The van der Waals surface area contributed by atoms with Crippen LogP contribution in [0, 0.1) is 0 Å². The monoisotopic (exact) mass is 134 g/mol. The molecule has 2 rings (SSSR count). The van der Waals surface area contributed by atoms with E-state index in [1.165, 1.54) is 0 Å². The molecule has 10 heavy (non-hydrogen) atoms. The van der Waals surface area contributed by atoms with Gasteiger partial charge >= 0.3 is 0 Å². The van der Waals surface area contributed by atoms with Gasteiger partial charge < -0.3 is 5.11 Å². The zero-order chi connectivity index (χ0) is 6.97. The lowest BCUT2D eigenvalue weighted by Crippen LogP contribution is -1.80. The zero-order valence-corrected chi connectivity index (χ0v) is 5.23. The third kappa shape index (κ3) is 0.572. The molecule has 3 heteroatoms. The number of pyridine rings is 1. The summed E-state index contributed by atoms with van der Waals surface area (Å²) in [5.74, 6) is 0.218. The lowest BCUT2D eigenvalue weighted by atomic mass is 10.4. The Morgan fingerprint density at radius 2 is 2.30 bits per heavy atom. The number of hydrogen-bond donors (Lipinski definition) is 1. The van der Waals surface area contributed by atoms with E-state index < -0.39 is 0 Å². The summed E-state index contributed by atoms with van der Waals surface area (Å²) in [7, 11) is 0. The minimum atomic E-state index is 0.218. The Kier molecular flexibility index (Phi) is 0.917. The molecule has 0 aliphatic heterocycles. The van der Waals surface area contributed by atoms with Crippen LogP contribution in [0.3, 0.4) is 0 Å². The highest BCUT2D eigenvalue weighted by atomic mass is 16.3. The third-order valence-electron chi connectivity index (χ3n) is 1.43. The average Bonchev–Trinajstić information content (AvgIpc) is 2.36. The smallest absolute Gasteiger partial charge is 0.196 e. The van der Waals surface area contributed by atoms with E-state index in [4.69, 9.17) is 0 Å². The first kappa shape index (κ1) is 5.29. The first-order chi connectivity index (χ1) is 4.88. The molecule has 3 nitrogen and oxygen atoms in total. The largest absolute Gasteiger partial charge is 0.494 e. The molecular weight excluding hydrogens is 128 g/mol. The maximum atomic E-state index is 9.18. The number of aromatic hydroxyl groups is 1. The number of imidazole rings is 1. The predicted molar refractivity (Wildman–Crippen MR) is 36.9 cm³/mol. The van der Waals surface area contributed by atoms with E-state index in [0.29, 0.717) is 0 Å². The van der Waals surface area contributed by atoms with Gasteiger partial charge in [-0.05, 0) is 12.1 Å². The summed E-state index contributed by atoms with van der Waals surface area (Å²) in [5.41, 5.74) is 0.903. The van der Waals surface area contributed by atoms with Crippen LogP contribution in [0.5, 0.6) is 5.88 Å². The van der Waals surface area contributed by atoms with Crippen LogP contribution in [-0.2, 0) is 0 Å². The van der Waals surface area contributed by atoms with Crippen LogP contribution in [0.25, 0.3) is 5.52 Å². The van der Waals surface area contributed by atoms with Gasteiger partial charge in [0.05, 0.1) is 11.7 Å². The van der Waals surface area contributed by atoms with Crippen LogP contribution in [0.1, 0.15) is 0 Å². The second-order valence-corrected chi connectivity index (χ2v) is 2.07. The summed E-state index contributed by atoms with van der Waals surface area (Å²) < 4.78 is 1.61. The van der Waals surface area contributed by atoms with Crippen LogP contribution >= 0.6 is 0 Å². The Morgan fingerprint density at radius 1 is 1.40 bits per heavy atom. The van der Waals surface area contributed by atoms with Crippen LogP contribution < -0.4 is 0 Å². The Hall–Kier alpha value is -1.51. The fourth-order valence-electron chi connectivity index (χ4n) is 0.933. The van der Waals surface area contributed by atoms with E-state index in [2.05, 4.69) is 4.98 Å². The third-order valence-corrected chi connectivity index (χ3v) is 1.43. The topological polar surface area (TPSA) is 37.5 Å². The highest BCUT2D eigenvalue weighted by Crippen LogP contribution is 2.10. The first-order valence-electron chi connectivity index (χ1n) is 2.98. The Bertz CT molecular complexity index is 353. The summed E-state index contributed by atoms with van der Waals surface area (Å²) in [6.45, 7) is 0. The van der Waals surface area contributed by atoms with Gasteiger partial charge in [-0.2, -0.15) is 0 Å². The van der Waals surface area contributed by atoms with Gasteiger partial charge in [0.2, 0.25) is 0 Å². The van der Waals surface area contributed by atoms with Gasteiger partial charge in [-0.15, -0.1) is 0 Å². The van der Waals surface area contributed by atoms with Crippen molar-refractivity contribution in [3.63, 3.8) is 0 Å². The fourth-order valence-corrected chi connectivity index (χ4v) is 0.933. The molecule has 0 unspecified atom stereocenters. The van der Waals surface area contributed by atoms with Crippen LogP contribution in [0.4, 0.5) is 0 Å². The van der Waals surface area contributed by atoms with Gasteiger partial charge in [-0.25, -0.2) is 4.98 Å². The van der Waals surface area contributed by atoms with Crippen molar-refractivity contribution >= 4 is 5.52 Å². The Balaban J connectivity index is 2.95. The quantitative estimate of drug-likeness (QED) is 0.584. The summed E-state index contributed by atoms with van der Waals surface area (Å²) in [5, 5.41) is 9.18. The van der Waals surface area contributed by atoms with Crippen molar-refractivity contribution in [2.45, 2.75) is 0 Å². The molecular formula is C7H6N2O. The van der Waals surface area contributed by atoms with E-state index in [1.54, 1.807) is 29.1 Å². The van der Waals surface area contributed by atoms with Crippen molar-refractivity contribution in [1.82, 2.24) is 9.38 Å². The van der Waals surface area contributed by atoms with Gasteiger partial charge in [-0.3, -0.25) is 4.40 Å². The van der Waals surface area contributed by atoms with E-state index >= 15 is 0 Å². The molecule has 0 aliphatic carbocycles. The average molecular weight is 134 g/mol. The molecule has 0 spiro atoms. The lowest BCUT2D eigenvalue weighted by molar-refractivity contribution is 0.446. The highest BCUT2D eigenvalue weighted by Gasteiger charge is 1.94. The van der Waals surface area contributed by atoms with Gasteiger partial charge in [0.1, 0.15) is 6.33 Å². The van der Waals surface area contributed by atoms with E-state index in [1.807, 2.05) is 6.07 Å². The molecule has 2 heterocycles. The molecule has 0 saturated carbocycles. The van der Waals surface area contributed by atoms with Crippen LogP contribution in [-0.4, -0.2) is 14.5 Å². The highest BCUT2D eigenvalue weighted by molar-refractivity contribution is 5.46. The molecule has 0 fully saturated rings. The summed E-state index contributed by atoms with van der Waals surface area (Å²) in [6.07, 6.45) is 3.27. The summed E-state index contributed by atoms with van der Waals surface area (Å²) in [4.78, 5) is 3.87. The minimum absolute atomic E-state index is 0.218. The van der Waals surface area contributed by atoms with Crippen LogP contribution in [0.15, 0.2) is 30.7 Å². The summed E-state index contributed by atoms with van der Waals surface area (Å²) >= 11 is 0. The van der Waals surface area contributed by atoms with Gasteiger partial charge in [0.15, 0.2) is 5.88 Å². The number of rotatable bonds is 0. The SMILES string of the molecule is Oc1cccc2cncn12.